The van der Waals surface area contributed by atoms with E-state index >= 15 is 0 Å². The Morgan fingerprint density at radius 1 is 1.00 bits per heavy atom. The van der Waals surface area contributed by atoms with E-state index in [1.807, 2.05) is 30.3 Å². The molecule has 3 aromatic rings. The maximum atomic E-state index is 12.5. The number of hydrogen-bond donors (Lipinski definition) is 3. The van der Waals surface area contributed by atoms with Gasteiger partial charge in [-0.3, -0.25) is 9.59 Å². The Morgan fingerprint density at radius 3 is 2.37 bits per heavy atom. The molecule has 6 heteroatoms. The van der Waals surface area contributed by atoms with E-state index in [0.29, 0.717) is 17.0 Å². The Bertz CT molecular complexity index is 954. The minimum Gasteiger partial charge on any atom is -0.497 e. The van der Waals surface area contributed by atoms with Crippen molar-refractivity contribution in [3.63, 3.8) is 0 Å². The summed E-state index contributed by atoms with van der Waals surface area (Å²) >= 11 is 0. The molecule has 2 amide bonds. The number of amides is 2. The van der Waals surface area contributed by atoms with Crippen LogP contribution in [-0.2, 0) is 4.79 Å². The summed E-state index contributed by atoms with van der Waals surface area (Å²) < 4.78 is 5.07. The molecule has 0 fully saturated rings. The fourth-order valence-electron chi connectivity index (χ4n) is 2.67. The second kappa shape index (κ2) is 8.33. The Balaban J connectivity index is 1.68. The molecule has 3 N–H and O–H groups in total. The lowest BCUT2D eigenvalue weighted by Crippen LogP contribution is -2.46. The fraction of sp³-hybridized carbons (Fsp3) is 0.143. The number of aliphatic hydroxyl groups is 1. The lowest BCUT2D eigenvalue weighted by molar-refractivity contribution is -0.118. The van der Waals surface area contributed by atoms with Gasteiger partial charge in [0.25, 0.3) is 5.91 Å². The molecule has 0 saturated heterocycles. The number of anilines is 1. The first kappa shape index (κ1) is 18.4. The van der Waals surface area contributed by atoms with Crippen molar-refractivity contribution >= 4 is 28.3 Å². The summed E-state index contributed by atoms with van der Waals surface area (Å²) in [4.78, 5) is 24.8. The lowest BCUT2D eigenvalue weighted by Gasteiger charge is -2.16. The van der Waals surface area contributed by atoms with Crippen LogP contribution in [0.25, 0.3) is 10.8 Å². The molecule has 0 unspecified atom stereocenters. The first-order chi connectivity index (χ1) is 13.1. The zero-order valence-electron chi connectivity index (χ0n) is 14.8. The van der Waals surface area contributed by atoms with E-state index in [4.69, 9.17) is 4.74 Å². The number of benzene rings is 3. The molecule has 0 aliphatic rings. The van der Waals surface area contributed by atoms with E-state index in [-0.39, 0.29) is 0 Å². The summed E-state index contributed by atoms with van der Waals surface area (Å²) in [6.45, 7) is -0.513. The number of nitrogens with one attached hydrogen (secondary N) is 2. The van der Waals surface area contributed by atoms with Crippen molar-refractivity contribution in [2.45, 2.75) is 6.04 Å². The van der Waals surface area contributed by atoms with Crippen LogP contribution in [0.3, 0.4) is 0 Å². The minimum atomic E-state index is -1.06. The largest absolute Gasteiger partial charge is 0.497 e. The van der Waals surface area contributed by atoms with Gasteiger partial charge >= 0.3 is 0 Å². The standard InChI is InChI=1S/C21H20N2O4/c1-27-18-10-8-17(9-11-18)22-21(26)19(13-24)23-20(25)16-7-6-14-4-2-3-5-15(14)12-16/h2-12,19,24H,13H2,1H3,(H,22,26)(H,23,25)/t19-/m0/s1. The van der Waals surface area contributed by atoms with Crippen molar-refractivity contribution in [3.8, 4) is 5.75 Å². The van der Waals surface area contributed by atoms with Gasteiger partial charge in [0.1, 0.15) is 11.8 Å². The number of hydrogen-bond acceptors (Lipinski definition) is 4. The van der Waals surface area contributed by atoms with Gasteiger partial charge in [-0.15, -0.1) is 0 Å². The third kappa shape index (κ3) is 4.43. The van der Waals surface area contributed by atoms with Crippen LogP contribution in [0, 0.1) is 0 Å². The number of carbonyl (C=O) groups excluding carboxylic acids is 2. The molecule has 0 saturated carbocycles. The predicted molar refractivity (Wildman–Crippen MR) is 104 cm³/mol. The average Bonchev–Trinajstić information content (AvgIpc) is 2.71. The molecular weight excluding hydrogens is 344 g/mol. The Labute approximate surface area is 156 Å². The summed E-state index contributed by atoms with van der Waals surface area (Å²) in [6, 6.07) is 18.7. The van der Waals surface area contributed by atoms with E-state index in [9.17, 15) is 14.7 Å². The normalized spacial score (nSPS) is 11.6. The summed E-state index contributed by atoms with van der Waals surface area (Å²) in [5.41, 5.74) is 0.962. The summed E-state index contributed by atoms with van der Waals surface area (Å²) in [6.07, 6.45) is 0. The molecule has 27 heavy (non-hydrogen) atoms. The molecule has 0 heterocycles. The lowest BCUT2D eigenvalue weighted by atomic mass is 10.1. The van der Waals surface area contributed by atoms with Crippen LogP contribution in [0.5, 0.6) is 5.75 Å². The van der Waals surface area contributed by atoms with Gasteiger partial charge in [0.2, 0.25) is 5.91 Å². The molecule has 3 aromatic carbocycles. The van der Waals surface area contributed by atoms with Crippen LogP contribution in [-0.4, -0.2) is 36.7 Å². The van der Waals surface area contributed by atoms with Crippen molar-refractivity contribution < 1.29 is 19.4 Å². The van der Waals surface area contributed by atoms with Crippen molar-refractivity contribution in [1.29, 1.82) is 0 Å². The highest BCUT2D eigenvalue weighted by Crippen LogP contribution is 2.17. The minimum absolute atomic E-state index is 0.421. The highest BCUT2D eigenvalue weighted by Gasteiger charge is 2.21. The summed E-state index contributed by atoms with van der Waals surface area (Å²) in [5, 5.41) is 16.7. The SMILES string of the molecule is COc1ccc(NC(=O)[C@H](CO)NC(=O)c2ccc3ccccc3c2)cc1. The van der Waals surface area contributed by atoms with Gasteiger partial charge in [-0.25, -0.2) is 0 Å². The zero-order chi connectivity index (χ0) is 19.2. The van der Waals surface area contributed by atoms with Gasteiger partial charge in [-0.1, -0.05) is 30.3 Å². The van der Waals surface area contributed by atoms with E-state index in [1.54, 1.807) is 43.5 Å². The van der Waals surface area contributed by atoms with Crippen molar-refractivity contribution in [1.82, 2.24) is 5.32 Å². The van der Waals surface area contributed by atoms with E-state index < -0.39 is 24.5 Å². The first-order valence-corrected chi connectivity index (χ1v) is 8.46. The van der Waals surface area contributed by atoms with Crippen LogP contribution in [0.4, 0.5) is 5.69 Å². The van der Waals surface area contributed by atoms with Crippen molar-refractivity contribution in [2.75, 3.05) is 19.0 Å². The average molecular weight is 364 g/mol. The molecule has 138 valence electrons. The van der Waals surface area contributed by atoms with Crippen LogP contribution < -0.4 is 15.4 Å². The fourth-order valence-corrected chi connectivity index (χ4v) is 2.67. The molecule has 0 aliphatic carbocycles. The van der Waals surface area contributed by atoms with E-state index in [0.717, 1.165) is 10.8 Å². The topological polar surface area (TPSA) is 87.7 Å². The molecule has 0 bridgehead atoms. The van der Waals surface area contributed by atoms with Crippen LogP contribution >= 0.6 is 0 Å². The van der Waals surface area contributed by atoms with Gasteiger partial charge in [0.05, 0.1) is 13.7 Å². The predicted octanol–water partition coefficient (Wildman–Crippen LogP) is 2.58. The monoisotopic (exact) mass is 364 g/mol. The molecule has 0 spiro atoms. The van der Waals surface area contributed by atoms with Gasteiger partial charge < -0.3 is 20.5 Å². The maximum absolute atomic E-state index is 12.5. The van der Waals surface area contributed by atoms with Crippen LogP contribution in [0.1, 0.15) is 10.4 Å². The van der Waals surface area contributed by atoms with Gasteiger partial charge in [-0.05, 0) is 47.2 Å². The molecule has 6 nitrogen and oxygen atoms in total. The molecular formula is C21H20N2O4. The smallest absolute Gasteiger partial charge is 0.252 e. The van der Waals surface area contributed by atoms with Crippen molar-refractivity contribution in [3.05, 3.63) is 72.3 Å². The Hall–Kier alpha value is -3.38. The van der Waals surface area contributed by atoms with E-state index in [2.05, 4.69) is 10.6 Å². The molecule has 0 aromatic heterocycles. The summed E-state index contributed by atoms with van der Waals surface area (Å²) in [5.74, 6) is -0.266. The first-order valence-electron chi connectivity index (χ1n) is 8.46. The molecule has 0 aliphatic heterocycles. The summed E-state index contributed by atoms with van der Waals surface area (Å²) in [7, 11) is 1.55. The van der Waals surface area contributed by atoms with Gasteiger partial charge in [0.15, 0.2) is 0 Å². The van der Waals surface area contributed by atoms with Crippen LogP contribution in [0.15, 0.2) is 66.7 Å². The quantitative estimate of drug-likeness (QED) is 0.627. The second-order valence-corrected chi connectivity index (χ2v) is 5.99. The zero-order valence-corrected chi connectivity index (χ0v) is 14.8. The maximum Gasteiger partial charge on any atom is 0.252 e. The van der Waals surface area contributed by atoms with Crippen molar-refractivity contribution in [2.24, 2.45) is 0 Å². The highest BCUT2D eigenvalue weighted by molar-refractivity contribution is 6.03. The van der Waals surface area contributed by atoms with Crippen LogP contribution in [0.2, 0.25) is 0 Å². The third-order valence-electron chi connectivity index (χ3n) is 4.17. The molecule has 0 radical (unpaired) electrons. The molecule has 1 atom stereocenters. The second-order valence-electron chi connectivity index (χ2n) is 5.99. The number of carbonyl (C=O) groups is 2. The number of methoxy groups -OCH3 is 1. The number of aliphatic hydroxyl groups excluding tert-OH is 1. The third-order valence-corrected chi connectivity index (χ3v) is 4.17. The van der Waals surface area contributed by atoms with Gasteiger partial charge in [-0.2, -0.15) is 0 Å². The number of fused-ring (bicyclic) bond motifs is 1. The Morgan fingerprint density at radius 2 is 1.70 bits per heavy atom. The Kier molecular flexibility index (Phi) is 5.68. The molecule has 3 rings (SSSR count). The van der Waals surface area contributed by atoms with Gasteiger partial charge in [0, 0.05) is 11.3 Å². The highest BCUT2D eigenvalue weighted by atomic mass is 16.5. The van der Waals surface area contributed by atoms with E-state index in [1.165, 1.54) is 0 Å². The number of rotatable bonds is 6. The number of ether oxygens (including phenoxy) is 1.